The average molecular weight is 346 g/mol. The van der Waals surface area contributed by atoms with Crippen molar-refractivity contribution in [1.29, 1.82) is 0 Å². The van der Waals surface area contributed by atoms with Gasteiger partial charge in [-0.2, -0.15) is 0 Å². The Labute approximate surface area is 128 Å². The third-order valence-corrected chi connectivity index (χ3v) is 4.61. The Kier molecular flexibility index (Phi) is 4.87. The summed E-state index contributed by atoms with van der Waals surface area (Å²) < 4.78 is 1.01. The van der Waals surface area contributed by atoms with Gasteiger partial charge in [-0.25, -0.2) is 0 Å². The van der Waals surface area contributed by atoms with Crippen molar-refractivity contribution in [1.82, 2.24) is 10.2 Å². The molecule has 1 aromatic carbocycles. The molecule has 2 aliphatic heterocycles. The predicted molar refractivity (Wildman–Crippen MR) is 81.8 cm³/mol. The van der Waals surface area contributed by atoms with Crippen LogP contribution in [0, 0.1) is 11.8 Å². The lowest BCUT2D eigenvalue weighted by Crippen LogP contribution is -2.43. The first-order valence-corrected chi connectivity index (χ1v) is 7.29. The van der Waals surface area contributed by atoms with E-state index in [0.29, 0.717) is 5.92 Å². The van der Waals surface area contributed by atoms with E-state index in [9.17, 15) is 4.79 Å². The topological polar surface area (TPSA) is 32.3 Å². The SMILES string of the molecule is Cl.O=C(c1ccc(Br)cc1)N1CCC2CNCC2C1. The fraction of sp³-hybridized carbons (Fsp3) is 0.500. The van der Waals surface area contributed by atoms with Crippen LogP contribution in [-0.2, 0) is 0 Å². The number of benzene rings is 1. The normalized spacial score (nSPS) is 25.6. The number of halogens is 2. The average Bonchev–Trinajstić information content (AvgIpc) is 2.86. The number of amides is 1. The van der Waals surface area contributed by atoms with Crippen LogP contribution in [0.2, 0.25) is 0 Å². The summed E-state index contributed by atoms with van der Waals surface area (Å²) in [5, 5.41) is 3.43. The van der Waals surface area contributed by atoms with Crippen LogP contribution in [-0.4, -0.2) is 37.0 Å². The van der Waals surface area contributed by atoms with Crippen molar-refractivity contribution >= 4 is 34.2 Å². The molecule has 3 rings (SSSR count). The van der Waals surface area contributed by atoms with Crippen molar-refractivity contribution in [2.24, 2.45) is 11.8 Å². The maximum absolute atomic E-state index is 12.4. The van der Waals surface area contributed by atoms with E-state index in [4.69, 9.17) is 0 Å². The van der Waals surface area contributed by atoms with Gasteiger partial charge in [0.25, 0.3) is 5.91 Å². The van der Waals surface area contributed by atoms with Crippen LogP contribution in [0.1, 0.15) is 16.8 Å². The van der Waals surface area contributed by atoms with Crippen LogP contribution in [0.15, 0.2) is 28.7 Å². The molecule has 0 saturated carbocycles. The largest absolute Gasteiger partial charge is 0.338 e. The lowest BCUT2D eigenvalue weighted by Gasteiger charge is -2.34. The zero-order valence-electron chi connectivity index (χ0n) is 10.6. The number of rotatable bonds is 1. The summed E-state index contributed by atoms with van der Waals surface area (Å²) in [6.07, 6.45) is 1.14. The fourth-order valence-electron chi connectivity index (χ4n) is 2.99. The van der Waals surface area contributed by atoms with Gasteiger partial charge < -0.3 is 10.2 Å². The third-order valence-electron chi connectivity index (χ3n) is 4.08. The standard InChI is InChI=1S/C14H17BrN2O.ClH/c15-13-3-1-10(2-4-13)14(18)17-6-5-11-7-16-8-12(11)9-17;/h1-4,11-12,16H,5-9H2;1H. The van der Waals surface area contributed by atoms with E-state index in [-0.39, 0.29) is 18.3 Å². The van der Waals surface area contributed by atoms with Crippen LogP contribution in [0.4, 0.5) is 0 Å². The molecule has 1 aromatic rings. The van der Waals surface area contributed by atoms with E-state index >= 15 is 0 Å². The first kappa shape index (κ1) is 14.8. The Bertz CT molecular complexity index is 451. The van der Waals surface area contributed by atoms with Gasteiger partial charge in [0.2, 0.25) is 0 Å². The van der Waals surface area contributed by atoms with Gasteiger partial charge in [0.15, 0.2) is 0 Å². The summed E-state index contributed by atoms with van der Waals surface area (Å²) in [7, 11) is 0. The summed E-state index contributed by atoms with van der Waals surface area (Å²) in [5.74, 6) is 1.60. The van der Waals surface area contributed by atoms with Gasteiger partial charge in [-0.15, -0.1) is 12.4 Å². The first-order chi connectivity index (χ1) is 8.74. The second-order valence-corrected chi connectivity index (χ2v) is 6.14. The summed E-state index contributed by atoms with van der Waals surface area (Å²) in [4.78, 5) is 14.4. The number of carbonyl (C=O) groups excluding carboxylic acids is 1. The molecule has 2 heterocycles. The number of hydrogen-bond donors (Lipinski definition) is 1. The van der Waals surface area contributed by atoms with Gasteiger partial charge in [-0.1, -0.05) is 15.9 Å². The minimum atomic E-state index is 0. The van der Waals surface area contributed by atoms with Crippen molar-refractivity contribution in [3.05, 3.63) is 34.3 Å². The quantitative estimate of drug-likeness (QED) is 0.848. The molecule has 1 N–H and O–H groups in total. The Morgan fingerprint density at radius 3 is 2.63 bits per heavy atom. The van der Waals surface area contributed by atoms with Crippen LogP contribution >= 0.6 is 28.3 Å². The molecule has 19 heavy (non-hydrogen) atoms. The molecule has 0 aromatic heterocycles. The minimum Gasteiger partial charge on any atom is -0.338 e. The van der Waals surface area contributed by atoms with Crippen LogP contribution in [0.5, 0.6) is 0 Å². The molecule has 5 heteroatoms. The maximum Gasteiger partial charge on any atom is 0.253 e. The van der Waals surface area contributed by atoms with Crippen molar-refractivity contribution < 1.29 is 4.79 Å². The van der Waals surface area contributed by atoms with E-state index in [1.165, 1.54) is 0 Å². The van der Waals surface area contributed by atoms with E-state index in [1.807, 2.05) is 29.2 Å². The van der Waals surface area contributed by atoms with Crippen molar-refractivity contribution in [3.63, 3.8) is 0 Å². The number of fused-ring (bicyclic) bond motifs is 1. The van der Waals surface area contributed by atoms with E-state index in [1.54, 1.807) is 0 Å². The molecule has 0 radical (unpaired) electrons. The second-order valence-electron chi connectivity index (χ2n) is 5.23. The van der Waals surface area contributed by atoms with Crippen LogP contribution in [0.25, 0.3) is 0 Å². The molecular formula is C14H18BrClN2O. The Morgan fingerprint density at radius 2 is 1.89 bits per heavy atom. The zero-order valence-corrected chi connectivity index (χ0v) is 13.0. The van der Waals surface area contributed by atoms with Crippen molar-refractivity contribution in [2.45, 2.75) is 6.42 Å². The number of carbonyl (C=O) groups is 1. The van der Waals surface area contributed by atoms with Gasteiger partial charge >= 0.3 is 0 Å². The molecule has 2 aliphatic rings. The molecule has 1 amide bonds. The highest BCUT2D eigenvalue weighted by Crippen LogP contribution is 2.27. The molecule has 0 bridgehead atoms. The number of nitrogens with zero attached hydrogens (tertiary/aromatic N) is 1. The fourth-order valence-corrected chi connectivity index (χ4v) is 3.26. The molecule has 2 fully saturated rings. The highest BCUT2D eigenvalue weighted by Gasteiger charge is 2.34. The Hall–Kier alpha value is -0.580. The summed E-state index contributed by atoms with van der Waals surface area (Å²) in [5.41, 5.74) is 0.794. The number of hydrogen-bond acceptors (Lipinski definition) is 2. The number of piperidine rings is 1. The Balaban J connectivity index is 0.00000133. The van der Waals surface area contributed by atoms with Crippen molar-refractivity contribution in [3.8, 4) is 0 Å². The van der Waals surface area contributed by atoms with Crippen LogP contribution < -0.4 is 5.32 Å². The van der Waals surface area contributed by atoms with Crippen LogP contribution in [0.3, 0.4) is 0 Å². The zero-order chi connectivity index (χ0) is 12.5. The highest BCUT2D eigenvalue weighted by molar-refractivity contribution is 9.10. The van der Waals surface area contributed by atoms with Gasteiger partial charge in [0.05, 0.1) is 0 Å². The number of likely N-dealkylation sites (tertiary alicyclic amines) is 1. The van der Waals surface area contributed by atoms with Gasteiger partial charge in [-0.3, -0.25) is 4.79 Å². The minimum absolute atomic E-state index is 0. The Morgan fingerprint density at radius 1 is 1.21 bits per heavy atom. The van der Waals surface area contributed by atoms with Gasteiger partial charge in [0, 0.05) is 23.1 Å². The maximum atomic E-state index is 12.4. The van der Waals surface area contributed by atoms with Gasteiger partial charge in [-0.05, 0) is 55.6 Å². The lowest BCUT2D eigenvalue weighted by molar-refractivity contribution is 0.0642. The number of nitrogens with one attached hydrogen (secondary N) is 1. The lowest BCUT2D eigenvalue weighted by atomic mass is 9.88. The monoisotopic (exact) mass is 344 g/mol. The second kappa shape index (κ2) is 6.25. The third kappa shape index (κ3) is 3.12. The molecule has 2 atom stereocenters. The summed E-state index contributed by atoms with van der Waals surface area (Å²) >= 11 is 3.39. The van der Waals surface area contributed by atoms with E-state index < -0.39 is 0 Å². The molecule has 0 spiro atoms. The first-order valence-electron chi connectivity index (χ1n) is 6.49. The molecule has 2 saturated heterocycles. The molecule has 3 nitrogen and oxygen atoms in total. The molecule has 104 valence electrons. The predicted octanol–water partition coefficient (Wildman–Crippen LogP) is 2.55. The highest BCUT2D eigenvalue weighted by atomic mass is 79.9. The van der Waals surface area contributed by atoms with E-state index in [2.05, 4.69) is 21.2 Å². The molecule has 2 unspecified atom stereocenters. The van der Waals surface area contributed by atoms with Crippen molar-refractivity contribution in [2.75, 3.05) is 26.2 Å². The van der Waals surface area contributed by atoms with E-state index in [0.717, 1.165) is 48.6 Å². The van der Waals surface area contributed by atoms with Gasteiger partial charge in [0.1, 0.15) is 0 Å². The molecular weight excluding hydrogens is 328 g/mol. The summed E-state index contributed by atoms with van der Waals surface area (Å²) in [6.45, 7) is 4.00. The smallest absolute Gasteiger partial charge is 0.253 e. The summed E-state index contributed by atoms with van der Waals surface area (Å²) in [6, 6.07) is 7.64. The molecule has 0 aliphatic carbocycles.